The van der Waals surface area contributed by atoms with Gasteiger partial charge in [-0.1, -0.05) is 40.7 Å². The third-order valence-corrected chi connectivity index (χ3v) is 11.5. The largest absolute Gasteiger partial charge is 0.463 e. The van der Waals surface area contributed by atoms with Crippen LogP contribution in [0, 0.1) is 5.41 Å². The molecule has 1 saturated carbocycles. The highest BCUT2D eigenvalue weighted by Gasteiger charge is 2.75. The lowest BCUT2D eigenvalue weighted by Crippen LogP contribution is -2.51. The summed E-state index contributed by atoms with van der Waals surface area (Å²) in [6.07, 6.45) is 7.80. The number of esters is 1. The molecule has 0 amide bonds. The van der Waals surface area contributed by atoms with Gasteiger partial charge in [0.2, 0.25) is 0 Å². The second-order valence-electron chi connectivity index (χ2n) is 10.8. The van der Waals surface area contributed by atoms with Gasteiger partial charge >= 0.3 is 5.97 Å². The molecule has 28 heavy (non-hydrogen) atoms. The molecule has 4 nitrogen and oxygen atoms in total. The van der Waals surface area contributed by atoms with E-state index < -0.39 is 8.32 Å². The Balaban J connectivity index is 2.17. The molecule has 0 aromatic rings. The molecule has 0 radical (unpaired) electrons. The number of carbonyl (C=O) groups excluding carboxylic acids is 1. The summed E-state index contributed by atoms with van der Waals surface area (Å²) in [5, 5.41) is 0.200. The average Bonchev–Trinajstić information content (AvgIpc) is 3.10. The van der Waals surface area contributed by atoms with E-state index in [0.29, 0.717) is 6.61 Å². The van der Waals surface area contributed by atoms with Gasteiger partial charge in [0.15, 0.2) is 8.32 Å². The first-order valence-corrected chi connectivity index (χ1v) is 13.4. The van der Waals surface area contributed by atoms with E-state index in [9.17, 15) is 4.79 Å². The van der Waals surface area contributed by atoms with Gasteiger partial charge in [0.25, 0.3) is 0 Å². The molecule has 0 aromatic heterocycles. The Morgan fingerprint density at radius 2 is 1.82 bits per heavy atom. The minimum atomic E-state index is -1.82. The van der Waals surface area contributed by atoms with Crippen molar-refractivity contribution in [2.75, 3.05) is 6.61 Å². The third-order valence-electron chi connectivity index (χ3n) is 6.97. The van der Waals surface area contributed by atoms with Crippen LogP contribution >= 0.6 is 0 Å². The van der Waals surface area contributed by atoms with Gasteiger partial charge in [0.1, 0.15) is 11.2 Å². The molecule has 1 saturated heterocycles. The number of carbonyl (C=O) groups is 1. The van der Waals surface area contributed by atoms with Gasteiger partial charge < -0.3 is 13.9 Å². The molecule has 0 N–H and O–H groups in total. The van der Waals surface area contributed by atoms with Crippen LogP contribution in [0.2, 0.25) is 18.1 Å². The molecule has 1 heterocycles. The Hall–Kier alpha value is -0.913. The molecular weight excluding hydrogens is 368 g/mol. The smallest absolute Gasteiger partial charge is 0.330 e. The zero-order valence-corrected chi connectivity index (χ0v) is 20.6. The summed E-state index contributed by atoms with van der Waals surface area (Å²) in [7, 11) is -1.82. The molecule has 1 aliphatic carbocycles. The number of allylic oxidation sites excluding steroid dienone is 2. The van der Waals surface area contributed by atoms with Crippen molar-refractivity contribution in [3.05, 3.63) is 23.8 Å². The molecule has 2 aliphatic rings. The van der Waals surface area contributed by atoms with Gasteiger partial charge in [-0.15, -0.1) is 0 Å². The number of hydrogen-bond donors (Lipinski definition) is 0. The topological polar surface area (TPSA) is 48.1 Å². The number of rotatable bonds is 6. The number of fused-ring (bicyclic) bond motifs is 1. The highest BCUT2D eigenvalue weighted by atomic mass is 28.4. The summed E-state index contributed by atoms with van der Waals surface area (Å²) in [6, 6.07) is 0. The van der Waals surface area contributed by atoms with Crippen LogP contribution in [-0.4, -0.2) is 38.2 Å². The van der Waals surface area contributed by atoms with Crippen LogP contribution in [0.25, 0.3) is 0 Å². The van der Waals surface area contributed by atoms with Gasteiger partial charge in [0.05, 0.1) is 6.61 Å². The van der Waals surface area contributed by atoms with E-state index in [0.717, 1.165) is 18.4 Å². The molecule has 1 aliphatic heterocycles. The zero-order valence-electron chi connectivity index (χ0n) is 19.6. The first-order chi connectivity index (χ1) is 12.6. The van der Waals surface area contributed by atoms with E-state index in [1.54, 1.807) is 0 Å². The summed E-state index contributed by atoms with van der Waals surface area (Å²) in [4.78, 5) is 11.7. The van der Waals surface area contributed by atoms with Crippen molar-refractivity contribution in [2.24, 2.45) is 5.41 Å². The Labute approximate surface area is 172 Å². The maximum Gasteiger partial charge on any atom is 0.330 e. The van der Waals surface area contributed by atoms with Crippen molar-refractivity contribution in [1.82, 2.24) is 0 Å². The van der Waals surface area contributed by atoms with Crippen LogP contribution in [0.3, 0.4) is 0 Å². The minimum Gasteiger partial charge on any atom is -0.463 e. The Morgan fingerprint density at radius 3 is 2.32 bits per heavy atom. The molecule has 0 aromatic carbocycles. The predicted octanol–water partition coefficient (Wildman–Crippen LogP) is 5.79. The number of ether oxygens (including phenoxy) is 2. The van der Waals surface area contributed by atoms with Gasteiger partial charge in [0, 0.05) is 24.0 Å². The Morgan fingerprint density at radius 1 is 1.21 bits per heavy atom. The van der Waals surface area contributed by atoms with Crippen molar-refractivity contribution >= 4 is 14.3 Å². The van der Waals surface area contributed by atoms with Crippen molar-refractivity contribution in [2.45, 2.75) is 104 Å². The normalized spacial score (nSPS) is 32.9. The Kier molecular flexibility index (Phi) is 6.18. The lowest BCUT2D eigenvalue weighted by atomic mass is 9.63. The summed E-state index contributed by atoms with van der Waals surface area (Å²) in [5.41, 5.74) is 0.300. The van der Waals surface area contributed by atoms with Gasteiger partial charge in [-0.25, -0.2) is 4.79 Å². The molecule has 160 valence electrons. The quantitative estimate of drug-likeness (QED) is 0.183. The molecule has 0 unspecified atom stereocenters. The van der Waals surface area contributed by atoms with Crippen LogP contribution in [0.1, 0.15) is 68.2 Å². The fourth-order valence-electron chi connectivity index (χ4n) is 4.38. The summed E-state index contributed by atoms with van der Waals surface area (Å²) >= 11 is 0. The maximum atomic E-state index is 11.7. The average molecular weight is 409 g/mol. The first-order valence-electron chi connectivity index (χ1n) is 10.5. The Bertz CT molecular complexity index is 671. The highest BCUT2D eigenvalue weighted by Crippen LogP contribution is 2.66. The molecule has 3 atom stereocenters. The second kappa shape index (κ2) is 7.40. The second-order valence-corrected chi connectivity index (χ2v) is 15.6. The molecular formula is C23H40O4Si. The van der Waals surface area contributed by atoms with E-state index in [2.05, 4.69) is 60.7 Å². The van der Waals surface area contributed by atoms with Crippen LogP contribution in [-0.2, 0) is 18.7 Å². The molecule has 5 heteroatoms. The highest BCUT2D eigenvalue weighted by molar-refractivity contribution is 6.74. The van der Waals surface area contributed by atoms with Gasteiger partial charge in [-0.3, -0.25) is 0 Å². The first kappa shape index (κ1) is 23.4. The summed E-state index contributed by atoms with van der Waals surface area (Å²) < 4.78 is 18.2. The van der Waals surface area contributed by atoms with Crippen molar-refractivity contribution in [1.29, 1.82) is 0 Å². The lowest BCUT2D eigenvalue weighted by Gasteiger charge is -2.45. The fraction of sp³-hybridized carbons (Fsp3) is 0.783. The van der Waals surface area contributed by atoms with Crippen molar-refractivity contribution in [3.63, 3.8) is 0 Å². The van der Waals surface area contributed by atoms with Crippen LogP contribution in [0.5, 0.6) is 0 Å². The van der Waals surface area contributed by atoms with Gasteiger partial charge in [-0.05, 0) is 57.0 Å². The van der Waals surface area contributed by atoms with Crippen LogP contribution in [0.4, 0.5) is 0 Å². The number of hydrogen-bond acceptors (Lipinski definition) is 4. The van der Waals surface area contributed by atoms with Gasteiger partial charge in [-0.2, -0.15) is 0 Å². The molecule has 0 spiro atoms. The predicted molar refractivity (Wildman–Crippen MR) is 117 cm³/mol. The summed E-state index contributed by atoms with van der Waals surface area (Å²) in [5.74, 6) is -0.299. The van der Waals surface area contributed by atoms with Crippen molar-refractivity contribution < 1.29 is 18.7 Å². The third kappa shape index (κ3) is 4.31. The molecule has 2 rings (SSSR count). The SMILES string of the molecule is CCOC(=O)/C=C(C)/C=C/[C@]12O[C@@]1(C)C[C@@H](O[Si](C)(C)C(C)(C)C)CC2(C)C. The molecule has 2 fully saturated rings. The standard InChI is InChI=1S/C23H40O4Si/c1-11-25-19(24)14-17(2)12-13-23-21(6,7)15-18(16-22(23,8)27-23)26-28(9,10)20(3,4)5/h12-14,18H,11,15-16H2,1-10H3/b13-12+,17-14+/t18-,22-,23+/m0/s1. The number of epoxide rings is 1. The maximum absolute atomic E-state index is 11.7. The van der Waals surface area contributed by atoms with E-state index >= 15 is 0 Å². The fourth-order valence-corrected chi connectivity index (χ4v) is 5.74. The zero-order chi connectivity index (χ0) is 21.6. The van der Waals surface area contributed by atoms with E-state index in [4.69, 9.17) is 13.9 Å². The molecule has 0 bridgehead atoms. The monoisotopic (exact) mass is 408 g/mol. The van der Waals surface area contributed by atoms with Crippen LogP contribution in [0.15, 0.2) is 23.8 Å². The van der Waals surface area contributed by atoms with E-state index in [1.807, 2.05) is 19.9 Å². The van der Waals surface area contributed by atoms with E-state index in [1.165, 1.54) is 6.08 Å². The van der Waals surface area contributed by atoms with Crippen molar-refractivity contribution in [3.8, 4) is 0 Å². The van der Waals surface area contributed by atoms with E-state index in [-0.39, 0.29) is 33.7 Å². The summed E-state index contributed by atoms with van der Waals surface area (Å²) in [6.45, 7) is 22.4. The van der Waals surface area contributed by atoms with Crippen LogP contribution < -0.4 is 0 Å². The lowest BCUT2D eigenvalue weighted by molar-refractivity contribution is -0.137. The minimum absolute atomic E-state index is 0.0479.